The first-order valence-corrected chi connectivity index (χ1v) is 8.96. The lowest BCUT2D eigenvalue weighted by Crippen LogP contribution is -2.48. The standard InChI is InChI=1S/C19H29N3O/c1-15(20)19(23)22(18-9-10-18)14-17-8-5-11-21(13-17)12-16-6-3-2-4-7-16/h2-4,6-7,15,17-18H,5,8-14,20H2,1H3/t15-,17-/m0/s1. The molecule has 23 heavy (non-hydrogen) atoms. The maximum absolute atomic E-state index is 12.4. The summed E-state index contributed by atoms with van der Waals surface area (Å²) >= 11 is 0. The van der Waals surface area contributed by atoms with Crippen LogP contribution in [0.1, 0.15) is 38.2 Å². The van der Waals surface area contributed by atoms with E-state index in [4.69, 9.17) is 5.73 Å². The summed E-state index contributed by atoms with van der Waals surface area (Å²) in [4.78, 5) is 17.0. The van der Waals surface area contributed by atoms with Crippen LogP contribution in [-0.2, 0) is 11.3 Å². The Balaban J connectivity index is 1.56. The van der Waals surface area contributed by atoms with Crippen molar-refractivity contribution in [1.82, 2.24) is 9.80 Å². The minimum atomic E-state index is -0.375. The lowest BCUT2D eigenvalue weighted by molar-refractivity contribution is -0.133. The van der Waals surface area contributed by atoms with Crippen molar-refractivity contribution >= 4 is 5.91 Å². The molecule has 4 heteroatoms. The zero-order valence-electron chi connectivity index (χ0n) is 14.2. The first-order chi connectivity index (χ1) is 11.1. The summed E-state index contributed by atoms with van der Waals surface area (Å²) in [5.41, 5.74) is 7.21. The highest BCUT2D eigenvalue weighted by molar-refractivity contribution is 5.81. The molecule has 1 heterocycles. The molecular weight excluding hydrogens is 286 g/mol. The molecule has 1 amide bonds. The molecule has 2 fully saturated rings. The fourth-order valence-electron chi connectivity index (χ4n) is 3.63. The van der Waals surface area contributed by atoms with Crippen LogP contribution in [0.2, 0.25) is 0 Å². The van der Waals surface area contributed by atoms with Crippen LogP contribution in [0, 0.1) is 5.92 Å². The van der Waals surface area contributed by atoms with Crippen molar-refractivity contribution in [2.45, 2.75) is 51.2 Å². The summed E-state index contributed by atoms with van der Waals surface area (Å²) in [5.74, 6) is 0.712. The zero-order chi connectivity index (χ0) is 16.2. The number of likely N-dealkylation sites (tertiary alicyclic amines) is 1. The van der Waals surface area contributed by atoms with Gasteiger partial charge in [0.2, 0.25) is 5.91 Å². The normalized spacial score (nSPS) is 23.5. The molecule has 0 spiro atoms. The smallest absolute Gasteiger partial charge is 0.239 e. The van der Waals surface area contributed by atoms with Crippen LogP contribution in [0.4, 0.5) is 0 Å². The van der Waals surface area contributed by atoms with Crippen molar-refractivity contribution in [3.63, 3.8) is 0 Å². The first-order valence-electron chi connectivity index (χ1n) is 8.96. The Kier molecular flexibility index (Phi) is 5.34. The molecule has 2 N–H and O–H groups in total. The topological polar surface area (TPSA) is 49.6 Å². The molecule has 1 aromatic rings. The third kappa shape index (κ3) is 4.55. The first kappa shape index (κ1) is 16.5. The minimum absolute atomic E-state index is 0.132. The van der Waals surface area contributed by atoms with E-state index in [2.05, 4.69) is 40.1 Å². The SMILES string of the molecule is C[C@H](N)C(=O)N(C[C@H]1CCCN(Cc2ccccc2)C1)C1CC1. The number of piperidine rings is 1. The van der Waals surface area contributed by atoms with E-state index in [0.717, 1.165) is 39.0 Å². The van der Waals surface area contributed by atoms with Gasteiger partial charge in [-0.25, -0.2) is 0 Å². The third-order valence-electron chi connectivity index (χ3n) is 4.97. The Morgan fingerprint density at radius 3 is 2.70 bits per heavy atom. The molecule has 0 unspecified atom stereocenters. The van der Waals surface area contributed by atoms with Gasteiger partial charge in [0, 0.05) is 25.7 Å². The lowest BCUT2D eigenvalue weighted by Gasteiger charge is -2.36. The van der Waals surface area contributed by atoms with Gasteiger partial charge in [-0.15, -0.1) is 0 Å². The van der Waals surface area contributed by atoms with Gasteiger partial charge in [0.15, 0.2) is 0 Å². The van der Waals surface area contributed by atoms with E-state index in [0.29, 0.717) is 12.0 Å². The largest absolute Gasteiger partial charge is 0.338 e. The van der Waals surface area contributed by atoms with Crippen molar-refractivity contribution in [2.75, 3.05) is 19.6 Å². The van der Waals surface area contributed by atoms with Crippen LogP contribution in [0.15, 0.2) is 30.3 Å². The molecule has 4 nitrogen and oxygen atoms in total. The number of benzene rings is 1. The maximum atomic E-state index is 12.4. The van der Waals surface area contributed by atoms with E-state index >= 15 is 0 Å². The molecule has 1 aromatic carbocycles. The fourth-order valence-corrected chi connectivity index (χ4v) is 3.63. The summed E-state index contributed by atoms with van der Waals surface area (Å²) in [5, 5.41) is 0. The highest BCUT2D eigenvalue weighted by Gasteiger charge is 2.35. The van der Waals surface area contributed by atoms with Gasteiger partial charge >= 0.3 is 0 Å². The van der Waals surface area contributed by atoms with E-state index in [1.54, 1.807) is 6.92 Å². The highest BCUT2D eigenvalue weighted by Crippen LogP contribution is 2.30. The summed E-state index contributed by atoms with van der Waals surface area (Å²) in [7, 11) is 0. The lowest BCUT2D eigenvalue weighted by atomic mass is 9.96. The Morgan fingerprint density at radius 1 is 1.30 bits per heavy atom. The van der Waals surface area contributed by atoms with Gasteiger partial charge in [-0.1, -0.05) is 30.3 Å². The van der Waals surface area contributed by atoms with E-state index in [1.165, 1.54) is 18.4 Å². The molecule has 2 aliphatic rings. The van der Waals surface area contributed by atoms with Gasteiger partial charge in [0.1, 0.15) is 0 Å². The number of nitrogens with zero attached hydrogens (tertiary/aromatic N) is 2. The quantitative estimate of drug-likeness (QED) is 0.876. The van der Waals surface area contributed by atoms with Crippen molar-refractivity contribution in [2.24, 2.45) is 11.7 Å². The van der Waals surface area contributed by atoms with Crippen LogP contribution in [0.25, 0.3) is 0 Å². The predicted octanol–water partition coefficient (Wildman–Crippen LogP) is 2.24. The number of carbonyl (C=O) groups is 1. The summed E-state index contributed by atoms with van der Waals surface area (Å²) in [6, 6.07) is 10.7. The van der Waals surface area contributed by atoms with Gasteiger partial charge in [0.25, 0.3) is 0 Å². The summed E-state index contributed by atoms with van der Waals surface area (Å²) < 4.78 is 0. The number of carbonyl (C=O) groups excluding carboxylic acids is 1. The van der Waals surface area contributed by atoms with Crippen LogP contribution >= 0.6 is 0 Å². The minimum Gasteiger partial charge on any atom is -0.338 e. The van der Waals surface area contributed by atoms with E-state index < -0.39 is 0 Å². The predicted molar refractivity (Wildman–Crippen MR) is 92.8 cm³/mol. The second-order valence-electron chi connectivity index (χ2n) is 7.24. The average molecular weight is 315 g/mol. The molecule has 0 radical (unpaired) electrons. The van der Waals surface area contributed by atoms with Gasteiger partial charge < -0.3 is 10.6 Å². The monoisotopic (exact) mass is 315 g/mol. The molecule has 1 aliphatic carbocycles. The average Bonchev–Trinajstić information content (AvgIpc) is 3.38. The van der Waals surface area contributed by atoms with Crippen LogP contribution < -0.4 is 5.73 Å². The van der Waals surface area contributed by atoms with E-state index in [9.17, 15) is 4.79 Å². The highest BCUT2D eigenvalue weighted by atomic mass is 16.2. The zero-order valence-corrected chi connectivity index (χ0v) is 14.2. The molecule has 1 saturated heterocycles. The van der Waals surface area contributed by atoms with Crippen LogP contribution in [0.5, 0.6) is 0 Å². The second-order valence-corrected chi connectivity index (χ2v) is 7.24. The van der Waals surface area contributed by atoms with Gasteiger partial charge in [-0.05, 0) is 50.6 Å². The Bertz CT molecular complexity index is 513. The molecule has 1 aliphatic heterocycles. The van der Waals surface area contributed by atoms with Gasteiger partial charge in [-0.2, -0.15) is 0 Å². The number of rotatable bonds is 6. The van der Waals surface area contributed by atoms with E-state index in [-0.39, 0.29) is 11.9 Å². The third-order valence-corrected chi connectivity index (χ3v) is 4.97. The van der Waals surface area contributed by atoms with Crippen molar-refractivity contribution in [3.05, 3.63) is 35.9 Å². The number of hydrogen-bond donors (Lipinski definition) is 1. The summed E-state index contributed by atoms with van der Waals surface area (Å²) in [6.45, 7) is 5.96. The van der Waals surface area contributed by atoms with Gasteiger partial charge in [-0.3, -0.25) is 9.69 Å². The van der Waals surface area contributed by atoms with Gasteiger partial charge in [0.05, 0.1) is 6.04 Å². The number of hydrogen-bond acceptors (Lipinski definition) is 3. The Morgan fingerprint density at radius 2 is 2.04 bits per heavy atom. The molecule has 1 saturated carbocycles. The molecule has 3 rings (SSSR count). The van der Waals surface area contributed by atoms with Crippen molar-refractivity contribution < 1.29 is 4.79 Å². The Hall–Kier alpha value is -1.39. The second kappa shape index (κ2) is 7.45. The fraction of sp³-hybridized carbons (Fsp3) is 0.632. The van der Waals surface area contributed by atoms with Crippen molar-refractivity contribution in [1.29, 1.82) is 0 Å². The molecule has 0 bridgehead atoms. The summed E-state index contributed by atoms with van der Waals surface area (Å²) in [6.07, 6.45) is 4.75. The molecular formula is C19H29N3O. The van der Waals surface area contributed by atoms with Crippen LogP contribution in [0.3, 0.4) is 0 Å². The molecule has 0 aromatic heterocycles. The van der Waals surface area contributed by atoms with Crippen molar-refractivity contribution in [3.8, 4) is 0 Å². The molecule has 126 valence electrons. The maximum Gasteiger partial charge on any atom is 0.239 e. The Labute approximate surface area is 139 Å². The van der Waals surface area contributed by atoms with Crippen LogP contribution in [-0.4, -0.2) is 47.4 Å². The van der Waals surface area contributed by atoms with E-state index in [1.807, 2.05) is 0 Å². The number of nitrogens with two attached hydrogens (primary N) is 1. The number of amides is 1. The molecule has 2 atom stereocenters.